The average molecular weight is 566 g/mol. The van der Waals surface area contributed by atoms with Crippen LogP contribution in [0, 0.1) is 0 Å². The Bertz CT molecular complexity index is 550. The fraction of sp³-hybridized carbons (Fsp3) is 0.917. The van der Waals surface area contributed by atoms with Gasteiger partial charge in [-0.25, -0.2) is 0 Å². The summed E-state index contributed by atoms with van der Waals surface area (Å²) in [5, 5.41) is 20.6. The van der Waals surface area contributed by atoms with Gasteiger partial charge in [0.15, 0.2) is 5.78 Å². The van der Waals surface area contributed by atoms with Crippen LogP contribution in [0.3, 0.4) is 0 Å². The SMILES string of the molecule is CCCCCCCCCCCCCC=CC(O)C(N)C(O)C(=O)CCCCCCCCCCCCCCCCC. The van der Waals surface area contributed by atoms with Gasteiger partial charge in [0.25, 0.3) is 0 Å². The lowest BCUT2D eigenvalue weighted by Crippen LogP contribution is -2.47. The van der Waals surface area contributed by atoms with Crippen molar-refractivity contribution in [3.05, 3.63) is 12.2 Å². The normalized spacial score (nSPS) is 14.1. The number of hydrogen-bond acceptors (Lipinski definition) is 4. The molecule has 0 aliphatic heterocycles. The van der Waals surface area contributed by atoms with Crippen LogP contribution in [0.1, 0.15) is 194 Å². The van der Waals surface area contributed by atoms with Crippen molar-refractivity contribution in [2.45, 2.75) is 212 Å². The number of Topliss-reactive ketones (excluding diaryl/α,β-unsaturated/α-hetero) is 1. The van der Waals surface area contributed by atoms with Gasteiger partial charge in [-0.3, -0.25) is 4.79 Å². The maximum atomic E-state index is 12.3. The smallest absolute Gasteiger partial charge is 0.162 e. The molecule has 0 saturated carbocycles. The molecule has 4 nitrogen and oxygen atoms in total. The van der Waals surface area contributed by atoms with Gasteiger partial charge in [-0.2, -0.15) is 0 Å². The molecule has 0 amide bonds. The van der Waals surface area contributed by atoms with E-state index < -0.39 is 18.2 Å². The minimum absolute atomic E-state index is 0.236. The van der Waals surface area contributed by atoms with E-state index in [1.807, 2.05) is 6.08 Å². The van der Waals surface area contributed by atoms with Crippen LogP contribution < -0.4 is 5.73 Å². The van der Waals surface area contributed by atoms with Crippen molar-refractivity contribution in [2.75, 3.05) is 0 Å². The lowest BCUT2D eigenvalue weighted by molar-refractivity contribution is -0.129. The van der Waals surface area contributed by atoms with Crippen molar-refractivity contribution in [1.29, 1.82) is 0 Å². The Morgan fingerprint density at radius 1 is 0.550 bits per heavy atom. The molecule has 0 aromatic heterocycles. The summed E-state index contributed by atoms with van der Waals surface area (Å²) in [7, 11) is 0. The second-order valence-corrected chi connectivity index (χ2v) is 12.4. The highest BCUT2D eigenvalue weighted by atomic mass is 16.3. The predicted molar refractivity (Wildman–Crippen MR) is 175 cm³/mol. The fourth-order valence-electron chi connectivity index (χ4n) is 5.51. The number of hydrogen-bond donors (Lipinski definition) is 3. The van der Waals surface area contributed by atoms with Crippen molar-refractivity contribution in [1.82, 2.24) is 0 Å². The lowest BCUT2D eigenvalue weighted by Gasteiger charge is -2.21. The maximum Gasteiger partial charge on any atom is 0.162 e. The minimum Gasteiger partial charge on any atom is -0.387 e. The van der Waals surface area contributed by atoms with Crippen LogP contribution in [0.2, 0.25) is 0 Å². The van der Waals surface area contributed by atoms with Gasteiger partial charge in [0, 0.05) is 6.42 Å². The predicted octanol–water partition coefficient (Wildman–Crippen LogP) is 10.1. The molecule has 0 aromatic carbocycles. The highest BCUT2D eigenvalue weighted by molar-refractivity contribution is 5.83. The number of ketones is 1. The molecule has 0 saturated heterocycles. The van der Waals surface area contributed by atoms with E-state index in [4.69, 9.17) is 5.73 Å². The first-order valence-electron chi connectivity index (χ1n) is 17.9. The third-order valence-electron chi connectivity index (χ3n) is 8.42. The summed E-state index contributed by atoms with van der Waals surface area (Å²) in [4.78, 5) is 12.3. The molecule has 3 unspecified atom stereocenters. The molecule has 0 spiro atoms. The lowest BCUT2D eigenvalue weighted by atomic mass is 9.97. The van der Waals surface area contributed by atoms with Crippen molar-refractivity contribution < 1.29 is 15.0 Å². The molecular formula is C36H71NO3. The van der Waals surface area contributed by atoms with E-state index in [1.165, 1.54) is 141 Å². The van der Waals surface area contributed by atoms with E-state index in [1.54, 1.807) is 6.08 Å². The number of unbranched alkanes of at least 4 members (excludes halogenated alkanes) is 25. The maximum absolute atomic E-state index is 12.3. The molecule has 40 heavy (non-hydrogen) atoms. The molecular weight excluding hydrogens is 494 g/mol. The third-order valence-corrected chi connectivity index (χ3v) is 8.42. The minimum atomic E-state index is -1.28. The standard InChI is InChI=1S/C36H71NO3/c1-3-5-7-9-11-13-15-17-18-20-22-24-26-28-30-32-34(39)36(40)35(37)33(38)31-29-27-25-23-21-19-16-14-12-10-8-6-4-2/h29,31,33,35-36,38,40H,3-28,30,32,37H2,1-2H3. The number of aliphatic hydroxyl groups is 2. The second kappa shape index (κ2) is 31.2. The summed E-state index contributed by atoms with van der Waals surface area (Å²) in [6, 6.07) is -0.947. The zero-order valence-electron chi connectivity index (χ0n) is 27.1. The Balaban J connectivity index is 3.62. The van der Waals surface area contributed by atoms with Gasteiger partial charge in [-0.15, -0.1) is 0 Å². The summed E-state index contributed by atoms with van der Waals surface area (Å²) in [5.74, 6) is -0.236. The summed E-state index contributed by atoms with van der Waals surface area (Å²) in [6.45, 7) is 4.53. The van der Waals surface area contributed by atoms with Crippen molar-refractivity contribution in [2.24, 2.45) is 5.73 Å². The van der Waals surface area contributed by atoms with E-state index in [9.17, 15) is 15.0 Å². The first-order valence-corrected chi connectivity index (χ1v) is 17.9. The van der Waals surface area contributed by atoms with E-state index >= 15 is 0 Å². The quantitative estimate of drug-likeness (QED) is 0.0559. The van der Waals surface area contributed by atoms with E-state index in [0.29, 0.717) is 6.42 Å². The van der Waals surface area contributed by atoms with Crippen molar-refractivity contribution >= 4 is 5.78 Å². The monoisotopic (exact) mass is 566 g/mol. The van der Waals surface area contributed by atoms with Gasteiger partial charge in [0.2, 0.25) is 0 Å². The Morgan fingerprint density at radius 2 is 0.875 bits per heavy atom. The molecule has 0 radical (unpaired) electrons. The first-order chi connectivity index (χ1) is 19.5. The molecule has 238 valence electrons. The number of allylic oxidation sites excluding steroid dienone is 1. The van der Waals surface area contributed by atoms with Gasteiger partial charge in [-0.1, -0.05) is 180 Å². The zero-order chi connectivity index (χ0) is 29.5. The number of rotatable bonds is 32. The summed E-state index contributed by atoms with van der Waals surface area (Å²) in [6.07, 6.45) is 36.4. The van der Waals surface area contributed by atoms with Crippen molar-refractivity contribution in [3.8, 4) is 0 Å². The van der Waals surface area contributed by atoms with Gasteiger partial charge in [-0.05, 0) is 19.3 Å². The van der Waals surface area contributed by atoms with E-state index in [-0.39, 0.29) is 5.78 Å². The molecule has 4 heteroatoms. The molecule has 4 N–H and O–H groups in total. The van der Waals surface area contributed by atoms with Gasteiger partial charge < -0.3 is 15.9 Å². The number of carbonyl (C=O) groups excluding carboxylic acids is 1. The molecule has 0 aromatic rings. The summed E-state index contributed by atoms with van der Waals surface area (Å²) < 4.78 is 0. The number of carbonyl (C=O) groups is 1. The Labute approximate surface area is 250 Å². The third kappa shape index (κ3) is 26.2. The van der Waals surface area contributed by atoms with Crippen LogP contribution in [0.25, 0.3) is 0 Å². The molecule has 3 atom stereocenters. The fourth-order valence-corrected chi connectivity index (χ4v) is 5.51. The highest BCUT2D eigenvalue weighted by Gasteiger charge is 2.26. The molecule has 0 rings (SSSR count). The molecule has 0 bridgehead atoms. The molecule has 0 fully saturated rings. The molecule has 0 heterocycles. The second-order valence-electron chi connectivity index (χ2n) is 12.4. The Hall–Kier alpha value is -0.710. The van der Waals surface area contributed by atoms with Crippen LogP contribution in [-0.4, -0.2) is 34.2 Å². The van der Waals surface area contributed by atoms with Crippen LogP contribution in [0.15, 0.2) is 12.2 Å². The van der Waals surface area contributed by atoms with E-state index in [2.05, 4.69) is 13.8 Å². The van der Waals surface area contributed by atoms with Gasteiger partial charge in [0.05, 0.1) is 12.1 Å². The largest absolute Gasteiger partial charge is 0.387 e. The highest BCUT2D eigenvalue weighted by Crippen LogP contribution is 2.15. The Morgan fingerprint density at radius 3 is 1.25 bits per heavy atom. The van der Waals surface area contributed by atoms with Gasteiger partial charge >= 0.3 is 0 Å². The average Bonchev–Trinajstić information content (AvgIpc) is 2.96. The Kier molecular flexibility index (Phi) is 30.7. The van der Waals surface area contributed by atoms with E-state index in [0.717, 1.165) is 32.1 Å². The van der Waals surface area contributed by atoms with Crippen molar-refractivity contribution in [3.63, 3.8) is 0 Å². The summed E-state index contributed by atoms with van der Waals surface area (Å²) >= 11 is 0. The number of nitrogens with two attached hydrogens (primary N) is 1. The molecule has 0 aliphatic carbocycles. The topological polar surface area (TPSA) is 83.6 Å². The first kappa shape index (κ1) is 39.3. The summed E-state index contributed by atoms with van der Waals surface area (Å²) in [5.41, 5.74) is 5.99. The number of aliphatic hydroxyl groups excluding tert-OH is 2. The van der Waals surface area contributed by atoms with Crippen LogP contribution in [-0.2, 0) is 4.79 Å². The van der Waals surface area contributed by atoms with Crippen LogP contribution in [0.4, 0.5) is 0 Å². The van der Waals surface area contributed by atoms with Crippen LogP contribution in [0.5, 0.6) is 0 Å². The molecule has 0 aliphatic rings. The van der Waals surface area contributed by atoms with Gasteiger partial charge in [0.1, 0.15) is 6.10 Å². The van der Waals surface area contributed by atoms with Crippen LogP contribution >= 0.6 is 0 Å². The zero-order valence-corrected chi connectivity index (χ0v) is 27.1.